The molecular weight excluding hydrogens is 497 g/mol. The SMILES string of the molecule is CC[C@H](C(=O)NC(C)(C)C)N(Cc1ccccc1Cl)C(=O)CN(C)S(=O)(=O)c1ccc(Cl)cc1. The van der Waals surface area contributed by atoms with Gasteiger partial charge in [0.1, 0.15) is 6.04 Å². The Morgan fingerprint density at radius 1 is 1.03 bits per heavy atom. The second-order valence-electron chi connectivity index (χ2n) is 8.99. The number of nitrogens with one attached hydrogen (secondary N) is 1. The Hall–Kier alpha value is -2.13. The lowest BCUT2D eigenvalue weighted by Crippen LogP contribution is -2.55. The average Bonchev–Trinajstić information content (AvgIpc) is 2.73. The van der Waals surface area contributed by atoms with Crippen LogP contribution in [0, 0.1) is 0 Å². The summed E-state index contributed by atoms with van der Waals surface area (Å²) in [6.07, 6.45) is 0.339. The molecule has 0 unspecified atom stereocenters. The molecule has 34 heavy (non-hydrogen) atoms. The third-order valence-corrected chi connectivity index (χ3v) is 7.50. The molecule has 2 amide bonds. The van der Waals surface area contributed by atoms with Gasteiger partial charge in [0, 0.05) is 29.2 Å². The number of hydrogen-bond donors (Lipinski definition) is 1. The van der Waals surface area contributed by atoms with Gasteiger partial charge >= 0.3 is 0 Å². The van der Waals surface area contributed by atoms with E-state index in [0.717, 1.165) is 4.31 Å². The number of likely N-dealkylation sites (N-methyl/N-ethyl adjacent to an activating group) is 1. The standard InChI is InChI=1S/C24H31Cl2N3O4S/c1-6-21(23(31)27-24(2,3)4)29(15-17-9-7-8-10-20(17)26)22(30)16-28(5)34(32,33)19-13-11-18(25)12-14-19/h7-14,21H,6,15-16H2,1-5H3,(H,27,31)/t21-/m1/s1. The lowest BCUT2D eigenvalue weighted by atomic mass is 10.1. The third kappa shape index (κ3) is 7.43. The Morgan fingerprint density at radius 3 is 2.15 bits per heavy atom. The fraction of sp³-hybridized carbons (Fsp3) is 0.417. The first-order chi connectivity index (χ1) is 15.8. The van der Waals surface area contributed by atoms with Crippen molar-refractivity contribution in [3.05, 3.63) is 64.1 Å². The van der Waals surface area contributed by atoms with Gasteiger partial charge in [0.25, 0.3) is 0 Å². The molecule has 0 fully saturated rings. The second-order valence-corrected chi connectivity index (χ2v) is 11.9. The van der Waals surface area contributed by atoms with Crippen LogP contribution in [0.1, 0.15) is 39.7 Å². The van der Waals surface area contributed by atoms with Crippen LogP contribution in [0.4, 0.5) is 0 Å². The van der Waals surface area contributed by atoms with Crippen molar-refractivity contribution in [2.45, 2.75) is 57.1 Å². The summed E-state index contributed by atoms with van der Waals surface area (Å²) < 4.78 is 26.9. The van der Waals surface area contributed by atoms with Crippen molar-refractivity contribution in [2.24, 2.45) is 0 Å². The topological polar surface area (TPSA) is 86.8 Å². The minimum Gasteiger partial charge on any atom is -0.350 e. The molecule has 0 aliphatic rings. The first-order valence-corrected chi connectivity index (χ1v) is 13.0. The van der Waals surface area contributed by atoms with Crippen LogP contribution in [0.2, 0.25) is 10.0 Å². The number of carbonyl (C=O) groups is 2. The van der Waals surface area contributed by atoms with Gasteiger partial charge in [0.2, 0.25) is 21.8 Å². The number of halogens is 2. The lowest BCUT2D eigenvalue weighted by Gasteiger charge is -2.34. The minimum atomic E-state index is -3.95. The molecule has 0 aliphatic heterocycles. The van der Waals surface area contributed by atoms with Crippen LogP contribution < -0.4 is 5.32 Å². The number of rotatable bonds is 9. The van der Waals surface area contributed by atoms with E-state index in [4.69, 9.17) is 23.2 Å². The molecular formula is C24H31Cl2N3O4S. The highest BCUT2D eigenvalue weighted by molar-refractivity contribution is 7.89. The van der Waals surface area contributed by atoms with Gasteiger partial charge in [-0.1, -0.05) is 48.3 Å². The zero-order valence-electron chi connectivity index (χ0n) is 20.0. The van der Waals surface area contributed by atoms with Crippen molar-refractivity contribution >= 4 is 45.0 Å². The summed E-state index contributed by atoms with van der Waals surface area (Å²) in [6.45, 7) is 6.96. The molecule has 2 rings (SSSR count). The number of nitrogens with zero attached hydrogens (tertiary/aromatic N) is 2. The molecule has 0 aromatic heterocycles. The van der Waals surface area contributed by atoms with E-state index in [0.29, 0.717) is 22.0 Å². The van der Waals surface area contributed by atoms with Crippen molar-refractivity contribution in [1.82, 2.24) is 14.5 Å². The molecule has 0 aliphatic carbocycles. The summed E-state index contributed by atoms with van der Waals surface area (Å²) in [6, 6.07) is 11.9. The van der Waals surface area contributed by atoms with Gasteiger partial charge in [-0.25, -0.2) is 8.42 Å². The summed E-state index contributed by atoms with van der Waals surface area (Å²) in [7, 11) is -2.62. The summed E-state index contributed by atoms with van der Waals surface area (Å²) in [5.74, 6) is -0.838. The van der Waals surface area contributed by atoms with Gasteiger partial charge in [-0.3, -0.25) is 9.59 Å². The number of sulfonamides is 1. The van der Waals surface area contributed by atoms with Crippen molar-refractivity contribution in [2.75, 3.05) is 13.6 Å². The Balaban J connectivity index is 2.36. The molecule has 0 heterocycles. The van der Waals surface area contributed by atoms with Crippen LogP contribution in [0.15, 0.2) is 53.4 Å². The fourth-order valence-electron chi connectivity index (χ4n) is 3.34. The number of carbonyl (C=O) groups excluding carboxylic acids is 2. The van der Waals surface area contributed by atoms with Crippen molar-refractivity contribution in [3.63, 3.8) is 0 Å². The maximum atomic E-state index is 13.4. The van der Waals surface area contributed by atoms with E-state index < -0.39 is 34.1 Å². The third-order valence-electron chi connectivity index (χ3n) is 5.06. The van der Waals surface area contributed by atoms with E-state index in [1.165, 1.54) is 36.2 Å². The first kappa shape index (κ1) is 28.1. The van der Waals surface area contributed by atoms with Gasteiger partial charge in [-0.05, 0) is 63.1 Å². The molecule has 0 saturated heterocycles. The van der Waals surface area contributed by atoms with Crippen molar-refractivity contribution in [3.8, 4) is 0 Å². The summed E-state index contributed by atoms with van der Waals surface area (Å²) in [5.41, 5.74) is 0.154. The predicted molar refractivity (Wildman–Crippen MR) is 135 cm³/mol. The predicted octanol–water partition coefficient (Wildman–Crippen LogP) is 4.34. The van der Waals surface area contributed by atoms with Gasteiger partial charge in [0.15, 0.2) is 0 Å². The molecule has 2 aromatic rings. The largest absolute Gasteiger partial charge is 0.350 e. The number of amides is 2. The van der Waals surface area contributed by atoms with Crippen LogP contribution in [0.5, 0.6) is 0 Å². The van der Waals surface area contributed by atoms with Crippen LogP contribution in [-0.4, -0.2) is 54.6 Å². The highest BCUT2D eigenvalue weighted by Gasteiger charge is 2.33. The summed E-state index contributed by atoms with van der Waals surface area (Å²) >= 11 is 12.2. The second kappa shape index (κ2) is 11.5. The van der Waals surface area contributed by atoms with E-state index in [-0.39, 0.29) is 17.3 Å². The molecule has 0 bridgehead atoms. The van der Waals surface area contributed by atoms with E-state index >= 15 is 0 Å². The molecule has 10 heteroatoms. The summed E-state index contributed by atoms with van der Waals surface area (Å²) in [4.78, 5) is 27.9. The molecule has 1 N–H and O–H groups in total. The van der Waals surface area contributed by atoms with E-state index in [1.807, 2.05) is 20.8 Å². The van der Waals surface area contributed by atoms with E-state index in [1.54, 1.807) is 31.2 Å². The molecule has 0 radical (unpaired) electrons. The van der Waals surface area contributed by atoms with Crippen LogP contribution in [0.3, 0.4) is 0 Å². The molecule has 7 nitrogen and oxygen atoms in total. The van der Waals surface area contributed by atoms with Crippen molar-refractivity contribution in [1.29, 1.82) is 0 Å². The lowest BCUT2D eigenvalue weighted by molar-refractivity contribution is -0.142. The van der Waals surface area contributed by atoms with E-state index in [9.17, 15) is 18.0 Å². The zero-order chi connectivity index (χ0) is 25.7. The average molecular weight is 529 g/mol. The molecule has 186 valence electrons. The van der Waals surface area contributed by atoms with E-state index in [2.05, 4.69) is 5.32 Å². The molecule has 2 aromatic carbocycles. The fourth-order valence-corrected chi connectivity index (χ4v) is 4.78. The van der Waals surface area contributed by atoms with Gasteiger partial charge in [-0.2, -0.15) is 4.31 Å². The highest BCUT2D eigenvalue weighted by Crippen LogP contribution is 2.22. The monoisotopic (exact) mass is 527 g/mol. The maximum absolute atomic E-state index is 13.4. The molecule has 1 atom stereocenters. The summed E-state index contributed by atoms with van der Waals surface area (Å²) in [5, 5.41) is 3.76. The van der Waals surface area contributed by atoms with Gasteiger partial charge < -0.3 is 10.2 Å². The van der Waals surface area contributed by atoms with Crippen molar-refractivity contribution < 1.29 is 18.0 Å². The highest BCUT2D eigenvalue weighted by atomic mass is 35.5. The van der Waals surface area contributed by atoms with Gasteiger partial charge in [0.05, 0.1) is 11.4 Å². The quantitative estimate of drug-likeness (QED) is 0.525. The zero-order valence-corrected chi connectivity index (χ0v) is 22.3. The first-order valence-electron chi connectivity index (χ1n) is 10.8. The van der Waals surface area contributed by atoms with Crippen LogP contribution >= 0.6 is 23.2 Å². The Labute approximate surface area is 212 Å². The Bertz CT molecular complexity index is 1120. The number of benzene rings is 2. The minimum absolute atomic E-state index is 0.0161. The van der Waals surface area contributed by atoms with Crippen LogP contribution in [0.25, 0.3) is 0 Å². The number of hydrogen-bond acceptors (Lipinski definition) is 4. The molecule has 0 spiro atoms. The maximum Gasteiger partial charge on any atom is 0.243 e. The Kier molecular flexibility index (Phi) is 9.53. The van der Waals surface area contributed by atoms with Crippen LogP contribution in [-0.2, 0) is 26.2 Å². The molecule has 0 saturated carbocycles. The Morgan fingerprint density at radius 2 is 1.62 bits per heavy atom. The normalized spacial score (nSPS) is 12.9. The smallest absolute Gasteiger partial charge is 0.243 e. The van der Waals surface area contributed by atoms with Gasteiger partial charge in [-0.15, -0.1) is 0 Å².